The number of guanidine groups is 1. The molecule has 11 rings (SSSR count). The van der Waals surface area contributed by atoms with Gasteiger partial charge in [-0.15, -0.1) is 10.2 Å². The number of phenolic OH excluding ortho intramolecular Hbond substituents is 2. The number of phenols is 2. The van der Waals surface area contributed by atoms with Crippen molar-refractivity contribution in [3.63, 3.8) is 0 Å². The number of amidine groups is 1. The lowest BCUT2D eigenvalue weighted by atomic mass is 9.94. The van der Waals surface area contributed by atoms with Crippen LogP contribution in [0, 0.1) is 5.92 Å². The Morgan fingerprint density at radius 2 is 1.48 bits per heavy atom. The predicted molar refractivity (Wildman–Crippen MR) is 322 cm³/mol. The van der Waals surface area contributed by atoms with Gasteiger partial charge in [0.05, 0.1) is 31.4 Å². The van der Waals surface area contributed by atoms with Gasteiger partial charge in [-0.1, -0.05) is 26.0 Å². The Labute approximate surface area is 498 Å². The van der Waals surface area contributed by atoms with Crippen LogP contribution in [0.2, 0.25) is 0 Å². The van der Waals surface area contributed by atoms with Gasteiger partial charge in [-0.2, -0.15) is 0 Å². The Morgan fingerprint density at radius 3 is 2.17 bits per heavy atom. The molecule has 0 atom stereocenters. The standard InChI is InChI=1S/C61H72N16O9/c1-5-63-57(81)55-70-69-54(47-33-46(38(2)3)48(78)34-49(47)79)77(55)43-9-7-39(8-10-43)37-72-21-17-40(18-22-72)58(82)74-30-28-73(29-31-74)42-11-13-44(14-12-42)86-61(83)75-26-24-71(25-27-75)20-6-32-85-50-16-15-45-51(52(50)84-4)67-60(76-23-19-64-53(45)76)68-56(80)41-35-65-59(62)66-36-41/h7-16,33-36,38,40,78-79H,5-6,17-32,37H2,1-4H3,(H,63,81)(H2,62,65,66)(H,67,68,80). The van der Waals surface area contributed by atoms with Crippen LogP contribution in [-0.2, 0) is 11.3 Å². The molecular formula is C61H72N16O9. The Kier molecular flexibility index (Phi) is 17.6. The number of amides is 4. The van der Waals surface area contributed by atoms with E-state index >= 15 is 0 Å². The number of carbonyl (C=O) groups excluding carboxylic acids is 4. The van der Waals surface area contributed by atoms with Crippen LogP contribution in [0.15, 0.2) is 95.2 Å². The first-order chi connectivity index (χ1) is 41.7. The van der Waals surface area contributed by atoms with Crippen molar-refractivity contribution in [2.45, 2.75) is 52.5 Å². The highest BCUT2D eigenvalue weighted by molar-refractivity contribution is 6.20. The summed E-state index contributed by atoms with van der Waals surface area (Å²) < 4.78 is 19.5. The number of hydrogen-bond donors (Lipinski definition) is 5. The summed E-state index contributed by atoms with van der Waals surface area (Å²) >= 11 is 0. The van der Waals surface area contributed by atoms with Crippen molar-refractivity contribution in [1.82, 2.24) is 59.9 Å². The van der Waals surface area contributed by atoms with Crippen molar-refractivity contribution in [2.24, 2.45) is 15.9 Å². The number of piperazine rings is 2. The van der Waals surface area contributed by atoms with E-state index in [4.69, 9.17) is 24.9 Å². The molecule has 4 aromatic carbocycles. The number of hydrogen-bond acceptors (Lipinski definition) is 20. The molecule has 0 saturated carbocycles. The second-order valence-corrected chi connectivity index (χ2v) is 22.1. The SMILES string of the molecule is CCNC(=O)c1nnc(-c2cc(C(C)C)c(O)cc2O)n1-c1ccc(CN2CCC(C(=O)N3CCN(c4ccc(OC(=O)N5CCN(CCCOc6ccc7c(c6OC)N=C(NC(=O)c6cnc(N)nc6)N6CCN=C76)CC5)cc4)CC3)CC2)cc1. The Morgan fingerprint density at radius 1 is 0.767 bits per heavy atom. The smallest absolute Gasteiger partial charge is 0.415 e. The average Bonchev–Trinajstić information content (AvgIpc) is 2.07. The van der Waals surface area contributed by atoms with Gasteiger partial charge in [0.15, 0.2) is 17.3 Å². The Hall–Kier alpha value is -9.36. The number of nitrogens with two attached hydrogens (primary N) is 1. The lowest BCUT2D eigenvalue weighted by Crippen LogP contribution is -2.51. The van der Waals surface area contributed by atoms with E-state index in [9.17, 15) is 29.4 Å². The number of likely N-dealkylation sites (tertiary alicyclic amines) is 1. The monoisotopic (exact) mass is 1170 g/mol. The minimum absolute atomic E-state index is 0.0204. The lowest BCUT2D eigenvalue weighted by Gasteiger charge is -2.39. The molecule has 5 aliphatic rings. The number of aromatic nitrogens is 5. The maximum absolute atomic E-state index is 13.8. The van der Waals surface area contributed by atoms with Crippen LogP contribution < -0.4 is 35.5 Å². The maximum atomic E-state index is 13.8. The molecule has 6 aromatic rings. The van der Waals surface area contributed by atoms with Crippen molar-refractivity contribution in [1.29, 1.82) is 0 Å². The summed E-state index contributed by atoms with van der Waals surface area (Å²) in [6.45, 7) is 15.8. The third kappa shape index (κ3) is 12.7. The molecular weight excluding hydrogens is 1100 g/mol. The molecule has 4 amide bonds. The molecule has 5 aliphatic heterocycles. The summed E-state index contributed by atoms with van der Waals surface area (Å²) in [5.74, 6) is 1.96. The number of rotatable bonds is 17. The summed E-state index contributed by atoms with van der Waals surface area (Å²) in [6.07, 6.45) is 4.61. The summed E-state index contributed by atoms with van der Waals surface area (Å²) in [6, 6.07) is 22.2. The highest BCUT2D eigenvalue weighted by Gasteiger charge is 2.35. The number of methoxy groups -OCH3 is 1. The molecule has 2 aromatic heterocycles. The zero-order valence-corrected chi connectivity index (χ0v) is 48.8. The number of aliphatic imine (C=N–C) groups is 2. The molecule has 25 nitrogen and oxygen atoms in total. The van der Waals surface area contributed by atoms with Crippen molar-refractivity contribution in [3.05, 3.63) is 113 Å². The minimum atomic E-state index is -0.437. The molecule has 86 heavy (non-hydrogen) atoms. The molecule has 6 N–H and O–H groups in total. The molecule has 0 spiro atoms. The first-order valence-electron chi connectivity index (χ1n) is 29.3. The van der Waals surface area contributed by atoms with Crippen LogP contribution in [0.3, 0.4) is 0 Å². The van der Waals surface area contributed by atoms with Gasteiger partial charge in [0.25, 0.3) is 11.8 Å². The van der Waals surface area contributed by atoms with E-state index in [0.29, 0.717) is 137 Å². The van der Waals surface area contributed by atoms with Gasteiger partial charge in [0.1, 0.15) is 28.8 Å². The van der Waals surface area contributed by atoms with Crippen LogP contribution in [0.5, 0.6) is 28.7 Å². The molecule has 450 valence electrons. The van der Waals surface area contributed by atoms with Gasteiger partial charge in [0.2, 0.25) is 23.6 Å². The highest BCUT2D eigenvalue weighted by atomic mass is 16.6. The van der Waals surface area contributed by atoms with Crippen LogP contribution in [0.1, 0.15) is 83.6 Å². The predicted octanol–water partition coefficient (Wildman–Crippen LogP) is 5.24. The second-order valence-electron chi connectivity index (χ2n) is 22.1. The number of carbonyl (C=O) groups is 4. The van der Waals surface area contributed by atoms with Crippen molar-refractivity contribution < 1.29 is 43.6 Å². The van der Waals surface area contributed by atoms with E-state index in [1.807, 2.05) is 91.2 Å². The van der Waals surface area contributed by atoms with Gasteiger partial charge in [-0.25, -0.2) is 19.8 Å². The quantitative estimate of drug-likeness (QED) is 0.0730. The Balaban J connectivity index is 0.596. The first kappa shape index (κ1) is 58.4. The first-order valence-corrected chi connectivity index (χ1v) is 29.3. The van der Waals surface area contributed by atoms with Gasteiger partial charge >= 0.3 is 6.09 Å². The third-order valence-corrected chi connectivity index (χ3v) is 16.3. The summed E-state index contributed by atoms with van der Waals surface area (Å²) in [4.78, 5) is 83.2. The van der Waals surface area contributed by atoms with Crippen LogP contribution in [0.25, 0.3) is 17.1 Å². The van der Waals surface area contributed by atoms with Crippen LogP contribution >= 0.6 is 0 Å². The number of nitrogens with one attached hydrogen (secondary N) is 2. The van der Waals surface area contributed by atoms with E-state index in [-0.39, 0.29) is 58.5 Å². The molecule has 3 saturated heterocycles. The lowest BCUT2D eigenvalue weighted by molar-refractivity contribution is -0.137. The van der Waals surface area contributed by atoms with Gasteiger partial charge in [0, 0.05) is 120 Å². The number of ether oxygens (including phenoxy) is 3. The molecule has 0 bridgehead atoms. The molecule has 0 unspecified atom stereocenters. The van der Waals surface area contributed by atoms with Gasteiger partial charge in [-0.05, 0) is 111 Å². The number of aromatic hydroxyl groups is 2. The number of piperidine rings is 1. The second kappa shape index (κ2) is 25.9. The third-order valence-electron chi connectivity index (χ3n) is 16.3. The fraction of sp³-hybridized carbons (Fsp3) is 0.410. The summed E-state index contributed by atoms with van der Waals surface area (Å²) in [5, 5.41) is 35.7. The van der Waals surface area contributed by atoms with Gasteiger partial charge in [-0.3, -0.25) is 44.0 Å². The van der Waals surface area contributed by atoms with Crippen molar-refractivity contribution >= 4 is 52.9 Å². The number of nitrogen functional groups attached to an aromatic ring is 1. The maximum Gasteiger partial charge on any atom is 0.415 e. The van der Waals surface area contributed by atoms with E-state index in [1.54, 1.807) is 22.6 Å². The van der Waals surface area contributed by atoms with E-state index in [1.165, 1.54) is 18.5 Å². The fourth-order valence-electron chi connectivity index (χ4n) is 11.6. The van der Waals surface area contributed by atoms with Crippen LogP contribution in [0.4, 0.5) is 22.1 Å². The number of anilines is 2. The summed E-state index contributed by atoms with van der Waals surface area (Å²) in [7, 11) is 1.56. The number of fused-ring (bicyclic) bond motifs is 3. The van der Waals surface area contributed by atoms with E-state index in [2.05, 4.69) is 50.5 Å². The molecule has 0 radical (unpaired) electrons. The molecule has 25 heteroatoms. The Bertz CT molecular complexity index is 3510. The van der Waals surface area contributed by atoms with Gasteiger partial charge < -0.3 is 50.2 Å². The van der Waals surface area contributed by atoms with E-state index < -0.39 is 11.8 Å². The number of benzene rings is 4. The van der Waals surface area contributed by atoms with Crippen molar-refractivity contribution in [3.8, 4) is 45.8 Å². The van der Waals surface area contributed by atoms with E-state index in [0.717, 1.165) is 55.7 Å². The van der Waals surface area contributed by atoms with Crippen molar-refractivity contribution in [2.75, 3.05) is 116 Å². The topological polar surface area (TPSA) is 287 Å². The highest BCUT2D eigenvalue weighted by Crippen LogP contribution is 2.44. The molecule has 0 aliphatic carbocycles. The zero-order valence-electron chi connectivity index (χ0n) is 48.8. The molecule has 7 heterocycles. The molecule has 3 fully saturated rings. The zero-order chi connectivity index (χ0) is 60.0. The number of nitrogens with zero attached hydrogens (tertiary/aromatic N) is 13. The summed E-state index contributed by atoms with van der Waals surface area (Å²) in [5.41, 5.74) is 10.8. The normalized spacial score (nSPS) is 16.5. The average molecular weight is 1170 g/mol. The minimum Gasteiger partial charge on any atom is -0.508 e. The fourth-order valence-corrected chi connectivity index (χ4v) is 11.6. The largest absolute Gasteiger partial charge is 0.508 e. The van der Waals surface area contributed by atoms with Crippen LogP contribution in [-0.4, -0.2) is 200 Å².